The minimum Gasteiger partial charge on any atom is -0.347 e. The van der Waals surface area contributed by atoms with Crippen LogP contribution in [0.4, 0.5) is 0 Å². The molecule has 0 saturated carbocycles. The van der Waals surface area contributed by atoms with Crippen LogP contribution in [0.3, 0.4) is 0 Å². The Kier molecular flexibility index (Phi) is 6.80. The van der Waals surface area contributed by atoms with Crippen LogP contribution in [0.15, 0.2) is 18.2 Å². The maximum Gasteiger partial charge on any atom is 0.239 e. The number of halogens is 2. The molecule has 1 aromatic rings. The lowest BCUT2D eigenvalue weighted by atomic mass is 10.0. The summed E-state index contributed by atoms with van der Waals surface area (Å²) in [5.41, 5.74) is 1.01. The summed E-state index contributed by atoms with van der Waals surface area (Å²) < 4.78 is 0. The van der Waals surface area contributed by atoms with Crippen LogP contribution in [0, 0.1) is 5.92 Å². The van der Waals surface area contributed by atoms with E-state index in [1.54, 1.807) is 25.1 Å². The highest BCUT2D eigenvalue weighted by Crippen LogP contribution is 2.22. The van der Waals surface area contributed by atoms with Gasteiger partial charge in [0.05, 0.1) is 16.1 Å². The number of nitrogens with zero attached hydrogens (tertiary/aromatic N) is 1. The molecule has 0 bridgehead atoms. The molecule has 1 rings (SSSR count). The van der Waals surface area contributed by atoms with Gasteiger partial charge in [-0.1, -0.05) is 43.1 Å². The van der Waals surface area contributed by atoms with Crippen molar-refractivity contribution in [1.82, 2.24) is 10.2 Å². The summed E-state index contributed by atoms with van der Waals surface area (Å²) in [7, 11) is 3.55. The average molecular weight is 317 g/mol. The molecule has 1 atom stereocenters. The molecule has 0 radical (unpaired) electrons. The van der Waals surface area contributed by atoms with Gasteiger partial charge in [0.2, 0.25) is 5.91 Å². The van der Waals surface area contributed by atoms with Crippen molar-refractivity contribution in [2.75, 3.05) is 14.1 Å². The summed E-state index contributed by atoms with van der Waals surface area (Å²) in [6.45, 7) is 4.81. The van der Waals surface area contributed by atoms with E-state index >= 15 is 0 Å². The van der Waals surface area contributed by atoms with Gasteiger partial charge < -0.3 is 10.2 Å². The first-order valence-corrected chi connectivity index (χ1v) is 7.45. The fourth-order valence-corrected chi connectivity index (χ4v) is 2.27. The summed E-state index contributed by atoms with van der Waals surface area (Å²) >= 11 is 11.9. The summed E-state index contributed by atoms with van der Waals surface area (Å²) in [4.78, 5) is 13.8. The Morgan fingerprint density at radius 3 is 2.40 bits per heavy atom. The third-order valence-electron chi connectivity index (χ3n) is 2.98. The van der Waals surface area contributed by atoms with Crippen molar-refractivity contribution in [3.05, 3.63) is 33.8 Å². The van der Waals surface area contributed by atoms with E-state index in [1.165, 1.54) is 0 Å². The predicted molar refractivity (Wildman–Crippen MR) is 85.2 cm³/mol. The van der Waals surface area contributed by atoms with Gasteiger partial charge in [0.15, 0.2) is 0 Å². The number of hydrogen-bond donors (Lipinski definition) is 1. The second-order valence-corrected chi connectivity index (χ2v) is 6.36. The normalized spacial score (nSPS) is 12.6. The first kappa shape index (κ1) is 17.3. The highest BCUT2D eigenvalue weighted by atomic mass is 35.5. The molecule has 1 aromatic carbocycles. The molecule has 0 spiro atoms. The number of carbonyl (C=O) groups excluding carboxylic acids is 1. The lowest BCUT2D eigenvalue weighted by Crippen LogP contribution is -2.44. The molecule has 1 N–H and O–H groups in total. The molecule has 0 aliphatic rings. The topological polar surface area (TPSA) is 32.3 Å². The van der Waals surface area contributed by atoms with Gasteiger partial charge in [-0.25, -0.2) is 0 Å². The van der Waals surface area contributed by atoms with Crippen molar-refractivity contribution in [2.24, 2.45) is 5.92 Å². The minimum absolute atomic E-state index is 0.0961. The van der Waals surface area contributed by atoms with Crippen molar-refractivity contribution in [1.29, 1.82) is 0 Å². The van der Waals surface area contributed by atoms with Gasteiger partial charge in [-0.15, -0.1) is 0 Å². The maximum atomic E-state index is 12.1. The van der Waals surface area contributed by atoms with Crippen molar-refractivity contribution in [2.45, 2.75) is 32.9 Å². The van der Waals surface area contributed by atoms with Crippen LogP contribution in [-0.2, 0) is 11.3 Å². The van der Waals surface area contributed by atoms with Gasteiger partial charge in [-0.3, -0.25) is 4.79 Å². The van der Waals surface area contributed by atoms with Gasteiger partial charge in [-0.2, -0.15) is 0 Å². The molecular weight excluding hydrogens is 295 g/mol. The van der Waals surface area contributed by atoms with Gasteiger partial charge >= 0.3 is 0 Å². The van der Waals surface area contributed by atoms with Crippen LogP contribution in [0.5, 0.6) is 0 Å². The first-order chi connectivity index (χ1) is 9.31. The van der Waals surface area contributed by atoms with Crippen LogP contribution in [0.1, 0.15) is 25.8 Å². The van der Waals surface area contributed by atoms with Gasteiger partial charge in [-0.05, 0) is 30.0 Å². The fourth-order valence-electron chi connectivity index (χ4n) is 1.95. The highest BCUT2D eigenvalue weighted by Gasteiger charge is 2.20. The van der Waals surface area contributed by atoms with E-state index in [4.69, 9.17) is 23.2 Å². The van der Waals surface area contributed by atoms with Crippen molar-refractivity contribution in [3.8, 4) is 0 Å². The van der Waals surface area contributed by atoms with E-state index in [-0.39, 0.29) is 11.9 Å². The summed E-state index contributed by atoms with van der Waals surface area (Å²) in [6.07, 6.45) is 0.804. The van der Waals surface area contributed by atoms with Crippen molar-refractivity contribution < 1.29 is 4.79 Å². The minimum atomic E-state index is -0.181. The molecule has 0 heterocycles. The van der Waals surface area contributed by atoms with E-state index in [9.17, 15) is 4.79 Å². The molecule has 1 unspecified atom stereocenters. The Hall–Kier alpha value is -0.770. The Labute approximate surface area is 131 Å². The highest BCUT2D eigenvalue weighted by molar-refractivity contribution is 6.42. The molecule has 5 heteroatoms. The zero-order valence-electron chi connectivity index (χ0n) is 12.4. The van der Waals surface area contributed by atoms with E-state index in [0.717, 1.165) is 12.0 Å². The summed E-state index contributed by atoms with van der Waals surface area (Å²) in [5, 5.41) is 4.38. The van der Waals surface area contributed by atoms with Crippen LogP contribution < -0.4 is 5.32 Å². The summed E-state index contributed by atoms with van der Waals surface area (Å²) in [6, 6.07) is 5.32. The number of nitrogens with one attached hydrogen (secondary N) is 1. The third-order valence-corrected chi connectivity index (χ3v) is 3.72. The Morgan fingerprint density at radius 2 is 1.90 bits per heavy atom. The molecule has 0 aliphatic heterocycles. The van der Waals surface area contributed by atoms with Crippen LogP contribution in [0.25, 0.3) is 0 Å². The Morgan fingerprint density at radius 1 is 1.25 bits per heavy atom. The molecule has 20 heavy (non-hydrogen) atoms. The second-order valence-electron chi connectivity index (χ2n) is 5.54. The number of likely N-dealkylation sites (N-methyl/N-ethyl adjacent to an activating group) is 1. The van der Waals surface area contributed by atoms with Crippen LogP contribution in [0.2, 0.25) is 10.0 Å². The largest absolute Gasteiger partial charge is 0.347 e. The van der Waals surface area contributed by atoms with Crippen molar-refractivity contribution in [3.63, 3.8) is 0 Å². The van der Waals surface area contributed by atoms with E-state index in [0.29, 0.717) is 22.5 Å². The average Bonchev–Trinajstić information content (AvgIpc) is 2.37. The third kappa shape index (κ3) is 5.31. The smallest absolute Gasteiger partial charge is 0.239 e. The van der Waals surface area contributed by atoms with Crippen LogP contribution >= 0.6 is 23.2 Å². The molecule has 0 saturated heterocycles. The first-order valence-electron chi connectivity index (χ1n) is 6.69. The lowest BCUT2D eigenvalue weighted by molar-refractivity contribution is -0.131. The number of amides is 1. The molecular formula is C15H22Cl2N2O. The van der Waals surface area contributed by atoms with Crippen LogP contribution in [-0.4, -0.2) is 30.9 Å². The van der Waals surface area contributed by atoms with Gasteiger partial charge in [0, 0.05) is 20.6 Å². The molecule has 3 nitrogen and oxygen atoms in total. The molecule has 0 fully saturated rings. The van der Waals surface area contributed by atoms with Gasteiger partial charge in [0.25, 0.3) is 0 Å². The number of benzene rings is 1. The Balaban J connectivity index is 2.70. The number of rotatable bonds is 6. The Bertz CT molecular complexity index is 461. The second kappa shape index (κ2) is 7.87. The summed E-state index contributed by atoms with van der Waals surface area (Å²) in [5.74, 6) is 0.545. The van der Waals surface area contributed by atoms with E-state index < -0.39 is 0 Å². The number of hydrogen-bond acceptors (Lipinski definition) is 2. The van der Waals surface area contributed by atoms with E-state index in [2.05, 4.69) is 19.2 Å². The lowest BCUT2D eigenvalue weighted by Gasteiger charge is -2.23. The molecule has 0 aliphatic carbocycles. The quantitative estimate of drug-likeness (QED) is 0.870. The molecule has 112 valence electrons. The van der Waals surface area contributed by atoms with E-state index in [1.807, 2.05) is 12.1 Å². The fraction of sp³-hybridized carbons (Fsp3) is 0.533. The number of carbonyl (C=O) groups is 1. The maximum absolute atomic E-state index is 12.1. The monoisotopic (exact) mass is 316 g/mol. The van der Waals surface area contributed by atoms with Gasteiger partial charge in [0.1, 0.15) is 0 Å². The molecule has 1 amide bonds. The van der Waals surface area contributed by atoms with Crippen molar-refractivity contribution >= 4 is 29.1 Å². The standard InChI is InChI=1S/C15H22Cl2N2O/c1-10(2)7-14(15(20)19(3)4)18-9-11-5-6-12(16)13(17)8-11/h5-6,8,10,14,18H,7,9H2,1-4H3. The zero-order chi connectivity index (χ0) is 15.3. The zero-order valence-corrected chi connectivity index (χ0v) is 13.9. The molecule has 0 aromatic heterocycles. The SMILES string of the molecule is CC(C)CC(NCc1ccc(Cl)c(Cl)c1)C(=O)N(C)C. The predicted octanol–water partition coefficient (Wildman–Crippen LogP) is 3.59.